The lowest BCUT2D eigenvalue weighted by molar-refractivity contribution is -0.130. The number of nitrogens with zero attached hydrogens (tertiary/aromatic N) is 6. The Hall–Kier alpha value is -2.44. The summed E-state index contributed by atoms with van der Waals surface area (Å²) >= 11 is 5.84. The van der Waals surface area contributed by atoms with Gasteiger partial charge in [-0.25, -0.2) is 10.8 Å². The Morgan fingerprint density at radius 2 is 2.41 bits per heavy atom. The Kier molecular flexibility index (Phi) is 3.79. The number of hydrazine groups is 1. The molecule has 3 N–H and O–H groups in total. The van der Waals surface area contributed by atoms with E-state index in [1.807, 2.05) is 0 Å². The third-order valence-electron chi connectivity index (χ3n) is 3.60. The standard InChI is InChI=1S/C12H13ClN8O/c13-12-17-10(19-15)9-11(18-12)21(6-16-9)5-8(22)20-2-1-7(3-14)4-20/h6-7H,1-2,4-5,15H2,(H,17,18,19). The van der Waals surface area contributed by atoms with Crippen molar-refractivity contribution in [2.24, 2.45) is 11.8 Å². The average Bonchev–Trinajstić information content (AvgIpc) is 3.14. The summed E-state index contributed by atoms with van der Waals surface area (Å²) in [7, 11) is 0. The third-order valence-corrected chi connectivity index (χ3v) is 3.77. The number of carbonyl (C=O) groups is 1. The first-order chi connectivity index (χ1) is 10.6. The van der Waals surface area contributed by atoms with E-state index in [4.69, 9.17) is 22.7 Å². The molecule has 2 aromatic heterocycles. The number of nitrogen functional groups attached to an aromatic ring is 1. The maximum absolute atomic E-state index is 12.3. The number of aromatic nitrogens is 4. The van der Waals surface area contributed by atoms with Gasteiger partial charge in [-0.1, -0.05) is 0 Å². The monoisotopic (exact) mass is 320 g/mol. The van der Waals surface area contributed by atoms with Gasteiger partial charge in [-0.15, -0.1) is 0 Å². The summed E-state index contributed by atoms with van der Waals surface area (Å²) in [5.41, 5.74) is 3.27. The van der Waals surface area contributed by atoms with Crippen LogP contribution in [-0.4, -0.2) is 43.4 Å². The van der Waals surface area contributed by atoms with Crippen LogP contribution >= 0.6 is 11.6 Å². The lowest BCUT2D eigenvalue weighted by Crippen LogP contribution is -2.31. The van der Waals surface area contributed by atoms with Crippen molar-refractivity contribution in [1.82, 2.24) is 24.4 Å². The zero-order valence-corrected chi connectivity index (χ0v) is 12.3. The predicted molar refractivity (Wildman–Crippen MR) is 78.4 cm³/mol. The molecule has 0 radical (unpaired) electrons. The van der Waals surface area contributed by atoms with E-state index in [1.54, 1.807) is 9.47 Å². The fourth-order valence-electron chi connectivity index (χ4n) is 2.47. The molecule has 1 amide bonds. The van der Waals surface area contributed by atoms with Crippen molar-refractivity contribution >= 4 is 34.5 Å². The van der Waals surface area contributed by atoms with Crippen LogP contribution in [0.2, 0.25) is 5.28 Å². The van der Waals surface area contributed by atoms with E-state index in [-0.39, 0.29) is 23.7 Å². The number of nitrogens with two attached hydrogens (primary N) is 1. The Balaban J connectivity index is 1.84. The number of amides is 1. The zero-order valence-electron chi connectivity index (χ0n) is 11.5. The smallest absolute Gasteiger partial charge is 0.242 e. The summed E-state index contributed by atoms with van der Waals surface area (Å²) in [6, 6.07) is 2.19. The second-order valence-electron chi connectivity index (χ2n) is 4.98. The highest BCUT2D eigenvalue weighted by atomic mass is 35.5. The lowest BCUT2D eigenvalue weighted by Gasteiger charge is -2.15. The van der Waals surface area contributed by atoms with Crippen molar-refractivity contribution in [2.75, 3.05) is 18.5 Å². The molecule has 0 bridgehead atoms. The molecule has 1 fully saturated rings. The van der Waals surface area contributed by atoms with E-state index in [0.717, 1.165) is 0 Å². The molecule has 10 heteroatoms. The van der Waals surface area contributed by atoms with Crippen LogP contribution in [0.15, 0.2) is 6.33 Å². The summed E-state index contributed by atoms with van der Waals surface area (Å²) in [5, 5.41) is 8.91. The van der Waals surface area contributed by atoms with Crippen molar-refractivity contribution < 1.29 is 4.79 Å². The van der Waals surface area contributed by atoms with Crippen molar-refractivity contribution in [3.63, 3.8) is 0 Å². The van der Waals surface area contributed by atoms with Crippen LogP contribution in [0.5, 0.6) is 0 Å². The van der Waals surface area contributed by atoms with Gasteiger partial charge in [0.1, 0.15) is 6.54 Å². The predicted octanol–water partition coefficient (Wildman–Crippen LogP) is 0.137. The number of imidazole rings is 1. The van der Waals surface area contributed by atoms with E-state index < -0.39 is 0 Å². The summed E-state index contributed by atoms with van der Waals surface area (Å²) in [4.78, 5) is 26.1. The van der Waals surface area contributed by atoms with Crippen LogP contribution in [0.1, 0.15) is 6.42 Å². The largest absolute Gasteiger partial charge is 0.340 e. The van der Waals surface area contributed by atoms with Gasteiger partial charge < -0.3 is 14.9 Å². The molecule has 1 atom stereocenters. The second kappa shape index (κ2) is 5.75. The van der Waals surface area contributed by atoms with Gasteiger partial charge in [0.15, 0.2) is 17.0 Å². The molecule has 114 valence electrons. The van der Waals surface area contributed by atoms with E-state index in [1.165, 1.54) is 6.33 Å². The van der Waals surface area contributed by atoms with Gasteiger partial charge in [0.2, 0.25) is 11.2 Å². The number of nitriles is 1. The maximum atomic E-state index is 12.3. The Labute approximate surface area is 130 Å². The minimum Gasteiger partial charge on any atom is -0.340 e. The quantitative estimate of drug-likeness (QED) is 0.468. The zero-order chi connectivity index (χ0) is 15.7. The molecule has 0 spiro atoms. The Bertz CT molecular complexity index is 766. The number of hydrogen-bond donors (Lipinski definition) is 2. The van der Waals surface area contributed by atoms with Gasteiger partial charge >= 0.3 is 0 Å². The third kappa shape index (κ3) is 2.54. The average molecular weight is 321 g/mol. The fourth-order valence-corrected chi connectivity index (χ4v) is 2.64. The van der Waals surface area contributed by atoms with Gasteiger partial charge in [0, 0.05) is 13.1 Å². The molecule has 3 heterocycles. The normalized spacial score (nSPS) is 17.7. The lowest BCUT2D eigenvalue weighted by atomic mass is 10.1. The number of rotatable bonds is 3. The van der Waals surface area contributed by atoms with Gasteiger partial charge in [-0.05, 0) is 18.0 Å². The molecule has 2 aromatic rings. The molecule has 1 aliphatic heterocycles. The summed E-state index contributed by atoms with van der Waals surface area (Å²) in [6.07, 6.45) is 2.20. The second-order valence-corrected chi connectivity index (χ2v) is 5.32. The van der Waals surface area contributed by atoms with Gasteiger partial charge in [0.05, 0.1) is 18.3 Å². The van der Waals surface area contributed by atoms with Crippen LogP contribution in [-0.2, 0) is 11.3 Å². The van der Waals surface area contributed by atoms with Crippen molar-refractivity contribution in [2.45, 2.75) is 13.0 Å². The molecule has 9 nitrogen and oxygen atoms in total. The van der Waals surface area contributed by atoms with Crippen LogP contribution < -0.4 is 11.3 Å². The van der Waals surface area contributed by atoms with E-state index in [0.29, 0.717) is 36.5 Å². The highest BCUT2D eigenvalue weighted by Gasteiger charge is 2.26. The van der Waals surface area contributed by atoms with Crippen molar-refractivity contribution in [3.05, 3.63) is 11.6 Å². The van der Waals surface area contributed by atoms with E-state index in [9.17, 15) is 4.79 Å². The molecular weight excluding hydrogens is 308 g/mol. The number of fused-ring (bicyclic) bond motifs is 1. The van der Waals surface area contributed by atoms with E-state index >= 15 is 0 Å². The van der Waals surface area contributed by atoms with Crippen LogP contribution in [0.4, 0.5) is 5.82 Å². The molecule has 0 saturated carbocycles. The van der Waals surface area contributed by atoms with Crippen molar-refractivity contribution in [1.29, 1.82) is 5.26 Å². The molecular formula is C12H13ClN8O. The SMILES string of the molecule is N#CC1CCN(C(=O)Cn2cnc3c(NN)nc(Cl)nc32)C1. The van der Waals surface area contributed by atoms with Gasteiger partial charge in [-0.3, -0.25) is 4.79 Å². The highest BCUT2D eigenvalue weighted by molar-refractivity contribution is 6.28. The molecule has 1 unspecified atom stereocenters. The minimum atomic E-state index is -0.0895. The highest BCUT2D eigenvalue weighted by Crippen LogP contribution is 2.21. The first-order valence-electron chi connectivity index (χ1n) is 6.64. The minimum absolute atomic E-state index is 0.0142. The number of nitrogens with one attached hydrogen (secondary N) is 1. The fraction of sp³-hybridized carbons (Fsp3) is 0.417. The summed E-state index contributed by atoms with van der Waals surface area (Å²) < 4.78 is 1.59. The molecule has 22 heavy (non-hydrogen) atoms. The molecule has 0 aliphatic carbocycles. The Morgan fingerprint density at radius 3 is 3.09 bits per heavy atom. The van der Waals surface area contributed by atoms with Crippen LogP contribution in [0.3, 0.4) is 0 Å². The number of anilines is 1. The first-order valence-corrected chi connectivity index (χ1v) is 7.02. The molecule has 1 aliphatic rings. The van der Waals surface area contributed by atoms with Crippen molar-refractivity contribution in [3.8, 4) is 6.07 Å². The van der Waals surface area contributed by atoms with Gasteiger partial charge in [-0.2, -0.15) is 15.2 Å². The number of halogens is 1. The number of likely N-dealkylation sites (tertiary alicyclic amines) is 1. The van der Waals surface area contributed by atoms with Gasteiger partial charge in [0.25, 0.3) is 0 Å². The van der Waals surface area contributed by atoms with E-state index in [2.05, 4.69) is 26.4 Å². The van der Waals surface area contributed by atoms with Crippen LogP contribution in [0, 0.1) is 17.2 Å². The number of carbonyl (C=O) groups excluding carboxylic acids is 1. The first kappa shape index (κ1) is 14.5. The topological polar surface area (TPSA) is 126 Å². The maximum Gasteiger partial charge on any atom is 0.242 e. The molecule has 3 rings (SSSR count). The van der Waals surface area contributed by atoms with Crippen LogP contribution in [0.25, 0.3) is 11.2 Å². The molecule has 1 saturated heterocycles. The number of hydrogen-bond acceptors (Lipinski definition) is 7. The summed E-state index contributed by atoms with van der Waals surface area (Å²) in [6.45, 7) is 1.13. The Morgan fingerprint density at radius 1 is 1.59 bits per heavy atom. The molecule has 0 aromatic carbocycles. The summed E-state index contributed by atoms with van der Waals surface area (Å²) in [5.74, 6) is 5.49.